The quantitative estimate of drug-likeness (QED) is 0.390. The van der Waals surface area contributed by atoms with E-state index in [1.807, 2.05) is 32.9 Å². The van der Waals surface area contributed by atoms with E-state index in [0.717, 1.165) is 11.1 Å². The highest BCUT2D eigenvalue weighted by Crippen LogP contribution is 2.36. The van der Waals surface area contributed by atoms with Gasteiger partial charge >= 0.3 is 6.09 Å². The summed E-state index contributed by atoms with van der Waals surface area (Å²) in [6, 6.07) is 5.49. The zero-order valence-electron chi connectivity index (χ0n) is 18.6. The van der Waals surface area contributed by atoms with E-state index in [0.29, 0.717) is 19.0 Å². The number of nitrogens with one attached hydrogen (secondary N) is 1. The summed E-state index contributed by atoms with van der Waals surface area (Å²) < 4.78 is 17.4. The fourth-order valence-corrected chi connectivity index (χ4v) is 3.10. The summed E-state index contributed by atoms with van der Waals surface area (Å²) in [5.74, 6) is 3.25. The van der Waals surface area contributed by atoms with Crippen LogP contribution in [0.1, 0.15) is 52.7 Å². The molecule has 0 heterocycles. The Balaban J connectivity index is 2.72. The Kier molecular flexibility index (Phi) is 8.15. The van der Waals surface area contributed by atoms with Crippen LogP contribution in [0, 0.1) is 12.3 Å². The number of ether oxygens (including phenoxy) is 2. The average molecular weight is 406 g/mol. The van der Waals surface area contributed by atoms with Crippen LogP contribution in [0.25, 0.3) is 0 Å². The lowest BCUT2D eigenvalue weighted by Crippen LogP contribution is -2.41. The van der Waals surface area contributed by atoms with E-state index in [1.165, 1.54) is 0 Å². The zero-order valence-corrected chi connectivity index (χ0v) is 19.6. The van der Waals surface area contributed by atoms with Crippen molar-refractivity contribution in [2.24, 2.45) is 0 Å². The van der Waals surface area contributed by atoms with E-state index in [1.54, 1.807) is 6.07 Å². The van der Waals surface area contributed by atoms with Crippen LogP contribution in [-0.2, 0) is 15.7 Å². The van der Waals surface area contributed by atoms with E-state index >= 15 is 0 Å². The van der Waals surface area contributed by atoms with Crippen LogP contribution in [0.2, 0.25) is 18.1 Å². The summed E-state index contributed by atoms with van der Waals surface area (Å²) in [6.07, 6.45) is 5.03. The minimum atomic E-state index is -1.81. The number of carbonyl (C=O) groups excluding carboxylic acids is 1. The fourth-order valence-electron chi connectivity index (χ4n) is 2.07. The predicted molar refractivity (Wildman–Crippen MR) is 116 cm³/mol. The Labute approximate surface area is 171 Å². The van der Waals surface area contributed by atoms with Gasteiger partial charge < -0.3 is 19.2 Å². The van der Waals surface area contributed by atoms with Crippen LogP contribution in [0.5, 0.6) is 5.75 Å². The molecule has 6 heteroatoms. The molecular weight excluding hydrogens is 370 g/mol. The van der Waals surface area contributed by atoms with Crippen molar-refractivity contribution in [3.8, 4) is 18.1 Å². The standard InChI is InChI=1S/C22H35NO4Si/c1-10-17-11-12-18(16-23-20(24)27-21(2,3)4)19(15-17)25-13-14-26-28(8,9)22(5,6)7/h1,11-12,15H,13-14,16H2,2-9H3,(H,23,24). The van der Waals surface area contributed by atoms with Crippen molar-refractivity contribution in [2.45, 2.75) is 71.8 Å². The number of benzene rings is 1. The molecule has 0 saturated carbocycles. The van der Waals surface area contributed by atoms with Crippen LogP contribution < -0.4 is 10.1 Å². The van der Waals surface area contributed by atoms with Crippen LogP contribution in [0.3, 0.4) is 0 Å². The number of alkyl carbamates (subject to hydrolysis) is 1. The molecule has 0 atom stereocenters. The molecule has 0 bridgehead atoms. The minimum absolute atomic E-state index is 0.152. The molecule has 5 nitrogen and oxygen atoms in total. The third-order valence-corrected chi connectivity index (χ3v) is 9.20. The van der Waals surface area contributed by atoms with Gasteiger partial charge in [0.05, 0.1) is 6.61 Å². The molecule has 0 spiro atoms. The molecule has 0 aromatic heterocycles. The van der Waals surface area contributed by atoms with Gasteiger partial charge in [-0.15, -0.1) is 6.42 Å². The molecule has 0 fully saturated rings. The van der Waals surface area contributed by atoms with Crippen molar-refractivity contribution in [1.82, 2.24) is 5.32 Å². The van der Waals surface area contributed by atoms with Gasteiger partial charge in [0.2, 0.25) is 0 Å². The highest BCUT2D eigenvalue weighted by molar-refractivity contribution is 6.74. The summed E-state index contributed by atoms with van der Waals surface area (Å²) in [5, 5.41) is 2.90. The van der Waals surface area contributed by atoms with Crippen molar-refractivity contribution < 1.29 is 18.7 Å². The van der Waals surface area contributed by atoms with Crippen molar-refractivity contribution in [1.29, 1.82) is 0 Å². The lowest BCUT2D eigenvalue weighted by atomic mass is 10.1. The molecule has 0 aliphatic carbocycles. The average Bonchev–Trinajstić information content (AvgIpc) is 2.54. The second kappa shape index (κ2) is 9.49. The molecule has 1 N–H and O–H groups in total. The molecular formula is C22H35NO4Si. The topological polar surface area (TPSA) is 56.8 Å². The molecule has 0 radical (unpaired) electrons. The third kappa shape index (κ3) is 7.95. The van der Waals surface area contributed by atoms with Crippen molar-refractivity contribution in [3.05, 3.63) is 29.3 Å². The summed E-state index contributed by atoms with van der Waals surface area (Å²) in [7, 11) is -1.81. The first-order valence-electron chi connectivity index (χ1n) is 9.58. The molecule has 0 saturated heterocycles. The molecule has 1 aromatic carbocycles. The van der Waals surface area contributed by atoms with E-state index in [-0.39, 0.29) is 11.6 Å². The Bertz CT molecular complexity index is 709. The van der Waals surface area contributed by atoms with Crippen molar-refractivity contribution in [3.63, 3.8) is 0 Å². The van der Waals surface area contributed by atoms with Gasteiger partial charge in [0.1, 0.15) is 18.0 Å². The summed E-state index contributed by atoms with van der Waals surface area (Å²) in [6.45, 7) is 17.7. The second-order valence-electron chi connectivity index (χ2n) is 9.28. The molecule has 0 unspecified atom stereocenters. The monoisotopic (exact) mass is 405 g/mol. The van der Waals surface area contributed by atoms with Gasteiger partial charge in [-0.25, -0.2) is 4.79 Å². The summed E-state index contributed by atoms with van der Waals surface area (Å²) in [4.78, 5) is 11.9. The first kappa shape index (κ1) is 24.1. The maximum Gasteiger partial charge on any atom is 0.407 e. The number of rotatable bonds is 7. The summed E-state index contributed by atoms with van der Waals surface area (Å²) in [5.41, 5.74) is 1.01. The van der Waals surface area contributed by atoms with Gasteiger partial charge in [0, 0.05) is 17.7 Å². The van der Waals surface area contributed by atoms with Crippen LogP contribution >= 0.6 is 0 Å². The number of hydrogen-bond acceptors (Lipinski definition) is 4. The Morgan fingerprint density at radius 2 is 1.79 bits per heavy atom. The van der Waals surface area contributed by atoms with E-state index in [9.17, 15) is 4.79 Å². The smallest absolute Gasteiger partial charge is 0.407 e. The van der Waals surface area contributed by atoms with E-state index in [4.69, 9.17) is 20.3 Å². The molecule has 1 aromatic rings. The molecule has 156 valence electrons. The highest BCUT2D eigenvalue weighted by atomic mass is 28.4. The number of hydrogen-bond donors (Lipinski definition) is 1. The number of terminal acetylenes is 1. The van der Waals surface area contributed by atoms with Crippen molar-refractivity contribution >= 4 is 14.4 Å². The number of carbonyl (C=O) groups is 1. The molecule has 0 aliphatic rings. The Morgan fingerprint density at radius 3 is 2.32 bits per heavy atom. The van der Waals surface area contributed by atoms with Gasteiger partial charge in [-0.2, -0.15) is 0 Å². The van der Waals surface area contributed by atoms with Crippen LogP contribution in [0.15, 0.2) is 18.2 Å². The first-order valence-corrected chi connectivity index (χ1v) is 12.5. The van der Waals surface area contributed by atoms with Gasteiger partial charge in [-0.3, -0.25) is 0 Å². The summed E-state index contributed by atoms with van der Waals surface area (Å²) >= 11 is 0. The van der Waals surface area contributed by atoms with Gasteiger partial charge in [-0.05, 0) is 51.0 Å². The molecule has 28 heavy (non-hydrogen) atoms. The predicted octanol–water partition coefficient (Wildman–Crippen LogP) is 5.09. The van der Waals surface area contributed by atoms with Crippen molar-refractivity contribution in [2.75, 3.05) is 13.2 Å². The fraction of sp³-hybridized carbons (Fsp3) is 0.591. The maximum absolute atomic E-state index is 11.9. The van der Waals surface area contributed by atoms with Gasteiger partial charge in [-0.1, -0.05) is 32.8 Å². The molecule has 1 rings (SSSR count). The second-order valence-corrected chi connectivity index (χ2v) is 14.1. The zero-order chi connectivity index (χ0) is 21.6. The van der Waals surface area contributed by atoms with Crippen LogP contribution in [-0.4, -0.2) is 33.2 Å². The normalized spacial score (nSPS) is 12.2. The highest BCUT2D eigenvalue weighted by Gasteiger charge is 2.36. The molecule has 1 amide bonds. The minimum Gasteiger partial charge on any atom is -0.491 e. The van der Waals surface area contributed by atoms with E-state index < -0.39 is 20.0 Å². The van der Waals surface area contributed by atoms with Crippen LogP contribution in [0.4, 0.5) is 4.79 Å². The molecule has 0 aliphatic heterocycles. The van der Waals surface area contributed by atoms with Gasteiger partial charge in [0.15, 0.2) is 8.32 Å². The maximum atomic E-state index is 11.9. The Hall–Kier alpha value is -1.97. The lowest BCUT2D eigenvalue weighted by Gasteiger charge is -2.36. The van der Waals surface area contributed by atoms with E-state index in [2.05, 4.69) is 45.1 Å². The number of amides is 1. The SMILES string of the molecule is C#Cc1ccc(CNC(=O)OC(C)(C)C)c(OCCO[Si](C)(C)C(C)(C)C)c1. The Morgan fingerprint density at radius 1 is 1.14 bits per heavy atom. The van der Waals surface area contributed by atoms with Gasteiger partial charge in [0.25, 0.3) is 0 Å². The largest absolute Gasteiger partial charge is 0.491 e. The third-order valence-electron chi connectivity index (χ3n) is 4.67. The lowest BCUT2D eigenvalue weighted by molar-refractivity contribution is 0.0523. The first-order chi connectivity index (χ1) is 12.7.